The van der Waals surface area contributed by atoms with Gasteiger partial charge in [0.05, 0.1) is 13.2 Å². The van der Waals surface area contributed by atoms with Gasteiger partial charge in [0.2, 0.25) is 5.91 Å². The van der Waals surface area contributed by atoms with Crippen molar-refractivity contribution in [3.8, 4) is 0 Å². The van der Waals surface area contributed by atoms with Gasteiger partial charge in [-0.2, -0.15) is 0 Å². The number of aryl methyl sites for hydroxylation is 1. The minimum atomic E-state index is 0. The lowest BCUT2D eigenvalue weighted by molar-refractivity contribution is -0.132. The average Bonchev–Trinajstić information content (AvgIpc) is 2.56. The second kappa shape index (κ2) is 10.6. The van der Waals surface area contributed by atoms with Crippen molar-refractivity contribution in [1.29, 1.82) is 0 Å². The highest BCUT2D eigenvalue weighted by molar-refractivity contribution is 5.85. The van der Waals surface area contributed by atoms with Crippen molar-refractivity contribution in [1.82, 2.24) is 10.2 Å². The fraction of sp³-hybridized carbons (Fsp3) is 0.611. The lowest BCUT2D eigenvalue weighted by atomic mass is 9.87. The first-order valence-corrected chi connectivity index (χ1v) is 8.32. The molecule has 1 aromatic carbocycles. The fourth-order valence-corrected chi connectivity index (χ4v) is 3.17. The molecule has 0 fully saturated rings. The monoisotopic (exact) mass is 340 g/mol. The predicted octanol–water partition coefficient (Wildman–Crippen LogP) is 2.44. The third kappa shape index (κ3) is 5.79. The molecule has 0 heterocycles. The van der Waals surface area contributed by atoms with E-state index in [-0.39, 0.29) is 18.3 Å². The quantitative estimate of drug-likeness (QED) is 0.739. The molecule has 0 saturated carbocycles. The van der Waals surface area contributed by atoms with E-state index in [2.05, 4.69) is 41.4 Å². The van der Waals surface area contributed by atoms with E-state index >= 15 is 0 Å². The van der Waals surface area contributed by atoms with Crippen molar-refractivity contribution in [2.45, 2.75) is 38.6 Å². The highest BCUT2D eigenvalue weighted by Gasteiger charge is 2.26. The van der Waals surface area contributed by atoms with Crippen molar-refractivity contribution < 1.29 is 9.53 Å². The molecule has 1 N–H and O–H groups in total. The highest BCUT2D eigenvalue weighted by atomic mass is 35.5. The van der Waals surface area contributed by atoms with Gasteiger partial charge in [-0.05, 0) is 36.8 Å². The molecule has 1 amide bonds. The third-order valence-corrected chi connectivity index (χ3v) is 4.31. The summed E-state index contributed by atoms with van der Waals surface area (Å²) in [6, 6.07) is 8.95. The topological polar surface area (TPSA) is 41.6 Å². The molecule has 1 atom stereocenters. The number of nitrogens with one attached hydrogen (secondary N) is 1. The molecular weight excluding hydrogens is 312 g/mol. The third-order valence-electron chi connectivity index (χ3n) is 4.31. The number of benzene rings is 1. The molecule has 1 unspecified atom stereocenters. The van der Waals surface area contributed by atoms with Crippen LogP contribution in [0.5, 0.6) is 0 Å². The maximum absolute atomic E-state index is 12.5. The first-order valence-electron chi connectivity index (χ1n) is 8.32. The van der Waals surface area contributed by atoms with E-state index in [0.29, 0.717) is 19.2 Å². The van der Waals surface area contributed by atoms with E-state index in [1.807, 2.05) is 0 Å². The number of carbonyl (C=O) groups is 1. The van der Waals surface area contributed by atoms with Gasteiger partial charge < -0.3 is 15.0 Å². The number of hydrogen-bond acceptors (Lipinski definition) is 3. The van der Waals surface area contributed by atoms with E-state index in [1.165, 1.54) is 11.1 Å². The first kappa shape index (κ1) is 19.9. The van der Waals surface area contributed by atoms with Gasteiger partial charge in [0.25, 0.3) is 0 Å². The second-order valence-corrected chi connectivity index (χ2v) is 5.92. The molecule has 0 saturated heterocycles. The molecule has 1 aromatic rings. The first-order chi connectivity index (χ1) is 10.8. The van der Waals surface area contributed by atoms with Crippen LogP contribution in [0.3, 0.4) is 0 Å². The van der Waals surface area contributed by atoms with Gasteiger partial charge in [0.1, 0.15) is 0 Å². The van der Waals surface area contributed by atoms with Crippen LogP contribution >= 0.6 is 12.4 Å². The van der Waals surface area contributed by atoms with E-state index < -0.39 is 0 Å². The van der Waals surface area contributed by atoms with Crippen LogP contribution < -0.4 is 5.32 Å². The summed E-state index contributed by atoms with van der Waals surface area (Å²) in [5.41, 5.74) is 2.85. The van der Waals surface area contributed by atoms with E-state index in [1.54, 1.807) is 7.11 Å². The molecule has 23 heavy (non-hydrogen) atoms. The Bertz CT molecular complexity index is 482. The van der Waals surface area contributed by atoms with Gasteiger partial charge in [0.15, 0.2) is 0 Å². The number of nitrogens with zero attached hydrogens (tertiary/aromatic N) is 1. The Morgan fingerprint density at radius 2 is 2.09 bits per heavy atom. The smallest absolute Gasteiger partial charge is 0.236 e. The van der Waals surface area contributed by atoms with E-state index in [4.69, 9.17) is 4.74 Å². The van der Waals surface area contributed by atoms with Crippen molar-refractivity contribution in [2.75, 3.05) is 33.4 Å². The Hall–Kier alpha value is -1.10. The summed E-state index contributed by atoms with van der Waals surface area (Å²) in [4.78, 5) is 14.6. The highest BCUT2D eigenvalue weighted by Crippen LogP contribution is 2.24. The maximum atomic E-state index is 12.5. The average molecular weight is 341 g/mol. The molecule has 0 radical (unpaired) electrons. The normalized spacial score (nSPS) is 16.3. The summed E-state index contributed by atoms with van der Waals surface area (Å²) in [5.74, 6) is 0.210. The number of hydrogen-bond donors (Lipinski definition) is 1. The Kier molecular flexibility index (Phi) is 9.22. The number of amides is 1. The lowest BCUT2D eigenvalue weighted by Crippen LogP contribution is -2.47. The van der Waals surface area contributed by atoms with Crippen molar-refractivity contribution in [2.24, 2.45) is 0 Å². The van der Waals surface area contributed by atoms with Gasteiger partial charge in [-0.25, -0.2) is 0 Å². The minimum Gasteiger partial charge on any atom is -0.383 e. The molecule has 4 nitrogen and oxygen atoms in total. The van der Waals surface area contributed by atoms with Crippen LogP contribution in [0, 0.1) is 0 Å². The summed E-state index contributed by atoms with van der Waals surface area (Å²) in [6.07, 6.45) is 4.13. The summed E-state index contributed by atoms with van der Waals surface area (Å²) in [5, 5.41) is 3.17. The van der Waals surface area contributed by atoms with Crippen LogP contribution in [0.4, 0.5) is 0 Å². The number of carbonyl (C=O) groups excluding carboxylic acids is 1. The number of methoxy groups -OCH3 is 1. The fourth-order valence-electron chi connectivity index (χ4n) is 3.17. The van der Waals surface area contributed by atoms with Crippen LogP contribution in [0.15, 0.2) is 24.3 Å². The summed E-state index contributed by atoms with van der Waals surface area (Å²) in [6.45, 7) is 4.74. The molecule has 0 aliphatic heterocycles. The van der Waals surface area contributed by atoms with Gasteiger partial charge in [-0.1, -0.05) is 31.2 Å². The maximum Gasteiger partial charge on any atom is 0.236 e. The molecule has 0 spiro atoms. The summed E-state index contributed by atoms with van der Waals surface area (Å²) in [7, 11) is 1.67. The molecule has 1 aliphatic carbocycles. The van der Waals surface area contributed by atoms with Gasteiger partial charge in [-0.3, -0.25) is 4.79 Å². The standard InChI is InChI=1S/C18H28N2O2.ClH/c1-3-11-20(18(21)14-19-10-12-22-2)17-9-8-15-6-4-5-7-16(15)13-17;/h4-7,17,19H,3,8-14H2,1-2H3;1H. The number of halogens is 1. The van der Waals surface area contributed by atoms with Crippen LogP contribution in [-0.2, 0) is 22.4 Å². The van der Waals surface area contributed by atoms with E-state index in [0.717, 1.165) is 38.8 Å². The Morgan fingerprint density at radius 1 is 1.35 bits per heavy atom. The Labute approximate surface area is 146 Å². The van der Waals surface area contributed by atoms with Gasteiger partial charge in [-0.15, -0.1) is 12.4 Å². The molecule has 0 bridgehead atoms. The Balaban J connectivity index is 0.00000264. The zero-order chi connectivity index (χ0) is 15.8. The minimum absolute atomic E-state index is 0. The number of rotatable bonds is 8. The zero-order valence-electron chi connectivity index (χ0n) is 14.2. The number of ether oxygens (including phenoxy) is 1. The van der Waals surface area contributed by atoms with Crippen LogP contribution in [0.2, 0.25) is 0 Å². The van der Waals surface area contributed by atoms with Crippen LogP contribution in [0.1, 0.15) is 30.9 Å². The van der Waals surface area contributed by atoms with Crippen molar-refractivity contribution in [3.05, 3.63) is 35.4 Å². The molecular formula is C18H29ClN2O2. The number of fused-ring (bicyclic) bond motifs is 1. The van der Waals surface area contributed by atoms with Crippen molar-refractivity contribution >= 4 is 18.3 Å². The molecule has 2 rings (SSSR count). The largest absolute Gasteiger partial charge is 0.383 e. The summed E-state index contributed by atoms with van der Waals surface area (Å²) >= 11 is 0. The van der Waals surface area contributed by atoms with Gasteiger partial charge >= 0.3 is 0 Å². The predicted molar refractivity (Wildman–Crippen MR) is 96.3 cm³/mol. The lowest BCUT2D eigenvalue weighted by Gasteiger charge is -2.35. The van der Waals surface area contributed by atoms with Crippen LogP contribution in [-0.4, -0.2) is 50.2 Å². The van der Waals surface area contributed by atoms with Crippen molar-refractivity contribution in [3.63, 3.8) is 0 Å². The second-order valence-electron chi connectivity index (χ2n) is 5.92. The zero-order valence-corrected chi connectivity index (χ0v) is 15.0. The van der Waals surface area contributed by atoms with Gasteiger partial charge in [0, 0.05) is 26.2 Å². The Morgan fingerprint density at radius 3 is 2.78 bits per heavy atom. The van der Waals surface area contributed by atoms with Crippen LogP contribution in [0.25, 0.3) is 0 Å². The van der Waals surface area contributed by atoms with E-state index in [9.17, 15) is 4.79 Å². The molecule has 0 aromatic heterocycles. The molecule has 5 heteroatoms. The molecule has 130 valence electrons. The molecule has 1 aliphatic rings. The summed E-state index contributed by atoms with van der Waals surface area (Å²) < 4.78 is 5.00. The SMILES string of the molecule is CCCN(C(=O)CNCCOC)C1CCc2ccccc2C1.Cl.